The summed E-state index contributed by atoms with van der Waals surface area (Å²) in [5.74, 6) is -1.48. The molecule has 0 aliphatic rings. The maximum Gasteiger partial charge on any atom is 0.337 e. The molecule has 1 aromatic heterocycles. The third-order valence-corrected chi connectivity index (χ3v) is 2.79. The quantitative estimate of drug-likeness (QED) is 0.815. The van der Waals surface area contributed by atoms with Gasteiger partial charge in [0, 0.05) is 10.9 Å². The molecule has 19 heavy (non-hydrogen) atoms. The lowest BCUT2D eigenvalue weighted by molar-refractivity contribution is 0.0694. The van der Waals surface area contributed by atoms with Crippen molar-refractivity contribution in [1.82, 2.24) is 4.98 Å². The number of aromatic nitrogens is 1. The van der Waals surface area contributed by atoms with Gasteiger partial charge in [-0.2, -0.15) is 0 Å². The molecule has 1 heterocycles. The summed E-state index contributed by atoms with van der Waals surface area (Å²) in [6.07, 6.45) is 0. The van der Waals surface area contributed by atoms with Crippen LogP contribution in [0.15, 0.2) is 23.0 Å². The molecule has 2 N–H and O–H groups in total. The second-order valence-corrected chi connectivity index (χ2v) is 3.98. The van der Waals surface area contributed by atoms with Crippen molar-refractivity contribution in [3.05, 3.63) is 39.7 Å². The fraction of sp³-hybridized carbons (Fsp3) is 0.154. The average molecular weight is 261 g/mol. The van der Waals surface area contributed by atoms with Crippen LogP contribution < -0.4 is 10.3 Å². The van der Waals surface area contributed by atoms with E-state index in [4.69, 9.17) is 4.74 Å². The largest absolute Gasteiger partial charge is 0.497 e. The lowest BCUT2D eigenvalue weighted by Crippen LogP contribution is -2.22. The van der Waals surface area contributed by atoms with Crippen molar-refractivity contribution in [2.75, 3.05) is 7.11 Å². The molecule has 0 radical (unpaired) electrons. The van der Waals surface area contributed by atoms with E-state index in [0.29, 0.717) is 11.3 Å². The number of carboxylic acids is 1. The number of ketones is 1. The molecule has 0 bridgehead atoms. The van der Waals surface area contributed by atoms with E-state index in [0.717, 1.165) is 6.92 Å². The highest BCUT2D eigenvalue weighted by atomic mass is 16.5. The van der Waals surface area contributed by atoms with Crippen molar-refractivity contribution < 1.29 is 19.4 Å². The summed E-state index contributed by atoms with van der Waals surface area (Å²) >= 11 is 0. The zero-order valence-electron chi connectivity index (χ0n) is 10.3. The van der Waals surface area contributed by atoms with Crippen LogP contribution in [0.2, 0.25) is 0 Å². The SMILES string of the molecule is COc1ccc2[nH]c(=O)c(C(C)=O)c(C(=O)O)c2c1. The molecular weight excluding hydrogens is 250 g/mol. The van der Waals surface area contributed by atoms with E-state index in [9.17, 15) is 19.5 Å². The first kappa shape index (κ1) is 12.8. The van der Waals surface area contributed by atoms with Crippen LogP contribution in [0.5, 0.6) is 5.75 Å². The highest BCUT2D eigenvalue weighted by Crippen LogP contribution is 2.23. The molecule has 0 amide bonds. The summed E-state index contributed by atoms with van der Waals surface area (Å²) in [4.78, 5) is 37.1. The highest BCUT2D eigenvalue weighted by molar-refractivity contribution is 6.12. The van der Waals surface area contributed by atoms with Crippen LogP contribution in [0.4, 0.5) is 0 Å². The number of hydrogen-bond donors (Lipinski definition) is 2. The van der Waals surface area contributed by atoms with Gasteiger partial charge in [0.1, 0.15) is 5.75 Å². The molecule has 6 nitrogen and oxygen atoms in total. The van der Waals surface area contributed by atoms with Gasteiger partial charge in [-0.15, -0.1) is 0 Å². The molecule has 0 saturated heterocycles. The minimum atomic E-state index is -1.32. The fourth-order valence-corrected chi connectivity index (χ4v) is 1.96. The number of carboxylic acid groups (broad SMARTS) is 1. The van der Waals surface area contributed by atoms with Gasteiger partial charge in [0.25, 0.3) is 5.56 Å². The molecular formula is C13H11NO5. The number of nitrogens with one attached hydrogen (secondary N) is 1. The van der Waals surface area contributed by atoms with E-state index >= 15 is 0 Å². The van der Waals surface area contributed by atoms with Crippen LogP contribution in [0, 0.1) is 0 Å². The third-order valence-electron chi connectivity index (χ3n) is 2.79. The number of fused-ring (bicyclic) bond motifs is 1. The highest BCUT2D eigenvalue weighted by Gasteiger charge is 2.21. The molecule has 98 valence electrons. The van der Waals surface area contributed by atoms with Gasteiger partial charge in [-0.3, -0.25) is 9.59 Å². The second kappa shape index (κ2) is 4.56. The van der Waals surface area contributed by atoms with E-state index in [1.807, 2.05) is 0 Å². The van der Waals surface area contributed by atoms with Crippen molar-refractivity contribution in [1.29, 1.82) is 0 Å². The van der Waals surface area contributed by atoms with Crippen molar-refractivity contribution >= 4 is 22.7 Å². The molecule has 0 fully saturated rings. The number of H-pyrrole nitrogens is 1. The Balaban J connectivity index is 3.00. The standard InChI is InChI=1S/C13H11NO5/c1-6(15)10-11(13(17)18)8-5-7(19-2)3-4-9(8)14-12(10)16/h3-5H,1-2H3,(H,14,16)(H,17,18). The van der Waals surface area contributed by atoms with Gasteiger partial charge in [-0.1, -0.05) is 0 Å². The molecule has 0 unspecified atom stereocenters. The van der Waals surface area contributed by atoms with Gasteiger partial charge in [-0.05, 0) is 25.1 Å². The molecule has 1 aromatic carbocycles. The first-order chi connectivity index (χ1) is 8.95. The topological polar surface area (TPSA) is 96.5 Å². The van der Waals surface area contributed by atoms with E-state index in [1.54, 1.807) is 6.07 Å². The summed E-state index contributed by atoms with van der Waals surface area (Å²) in [6, 6.07) is 4.60. The number of aromatic amines is 1. The summed E-state index contributed by atoms with van der Waals surface area (Å²) in [7, 11) is 1.44. The molecule has 2 rings (SSSR count). The lowest BCUT2D eigenvalue weighted by Gasteiger charge is -2.08. The van der Waals surface area contributed by atoms with E-state index in [2.05, 4.69) is 4.98 Å². The van der Waals surface area contributed by atoms with Crippen LogP contribution in [0.3, 0.4) is 0 Å². The first-order valence-electron chi connectivity index (χ1n) is 5.44. The predicted molar refractivity (Wildman–Crippen MR) is 68.1 cm³/mol. The summed E-state index contributed by atoms with van der Waals surface area (Å²) in [6.45, 7) is 1.16. The Morgan fingerprint density at radius 3 is 2.47 bits per heavy atom. The third kappa shape index (κ3) is 2.08. The monoisotopic (exact) mass is 261 g/mol. The smallest absolute Gasteiger partial charge is 0.337 e. The molecule has 0 atom stereocenters. The van der Waals surface area contributed by atoms with E-state index in [-0.39, 0.29) is 16.5 Å². The predicted octanol–water partition coefficient (Wildman–Crippen LogP) is 1.44. The number of rotatable bonds is 3. The minimum Gasteiger partial charge on any atom is -0.497 e. The van der Waals surface area contributed by atoms with Crippen LogP contribution in [0.25, 0.3) is 10.9 Å². The Bertz CT molecular complexity index is 745. The maximum absolute atomic E-state index is 11.8. The molecule has 0 spiro atoms. The summed E-state index contributed by atoms with van der Waals surface area (Å²) in [5, 5.41) is 9.52. The number of benzene rings is 1. The molecule has 2 aromatic rings. The number of pyridine rings is 1. The number of carbonyl (C=O) groups is 2. The number of hydrogen-bond acceptors (Lipinski definition) is 4. The van der Waals surface area contributed by atoms with Crippen molar-refractivity contribution in [3.8, 4) is 5.75 Å². The lowest BCUT2D eigenvalue weighted by atomic mass is 10.0. The van der Waals surface area contributed by atoms with Crippen LogP contribution in [-0.4, -0.2) is 29.0 Å². The number of ether oxygens (including phenoxy) is 1. The van der Waals surface area contributed by atoms with Gasteiger partial charge in [0.05, 0.1) is 18.2 Å². The average Bonchev–Trinajstić information content (AvgIpc) is 2.35. The Morgan fingerprint density at radius 1 is 1.26 bits per heavy atom. The minimum absolute atomic E-state index is 0.261. The molecule has 0 aliphatic heterocycles. The molecule has 0 saturated carbocycles. The fourth-order valence-electron chi connectivity index (χ4n) is 1.96. The normalized spacial score (nSPS) is 10.4. The Kier molecular flexibility index (Phi) is 3.08. The Hall–Kier alpha value is -2.63. The Morgan fingerprint density at radius 2 is 1.95 bits per heavy atom. The number of Topliss-reactive ketones (excluding diaryl/α,β-unsaturated/α-hetero) is 1. The van der Waals surface area contributed by atoms with Gasteiger partial charge in [0.2, 0.25) is 0 Å². The first-order valence-corrected chi connectivity index (χ1v) is 5.44. The zero-order chi connectivity index (χ0) is 14.2. The van der Waals surface area contributed by atoms with Gasteiger partial charge >= 0.3 is 5.97 Å². The zero-order valence-corrected chi connectivity index (χ0v) is 10.3. The summed E-state index contributed by atoms with van der Waals surface area (Å²) in [5.41, 5.74) is -1.02. The van der Waals surface area contributed by atoms with Gasteiger partial charge < -0.3 is 14.8 Å². The number of carbonyl (C=O) groups excluding carboxylic acids is 1. The van der Waals surface area contributed by atoms with E-state index < -0.39 is 17.3 Å². The number of methoxy groups -OCH3 is 1. The van der Waals surface area contributed by atoms with Gasteiger partial charge in [-0.25, -0.2) is 4.79 Å². The van der Waals surface area contributed by atoms with Crippen molar-refractivity contribution in [3.63, 3.8) is 0 Å². The van der Waals surface area contributed by atoms with Crippen LogP contribution in [-0.2, 0) is 0 Å². The summed E-state index contributed by atoms with van der Waals surface area (Å²) < 4.78 is 5.02. The number of aromatic carboxylic acids is 1. The van der Waals surface area contributed by atoms with Crippen molar-refractivity contribution in [2.24, 2.45) is 0 Å². The Labute approximate surface area is 107 Å². The van der Waals surface area contributed by atoms with E-state index in [1.165, 1.54) is 19.2 Å². The second-order valence-electron chi connectivity index (χ2n) is 3.98. The van der Waals surface area contributed by atoms with Crippen LogP contribution in [0.1, 0.15) is 27.6 Å². The molecule has 6 heteroatoms. The molecule has 0 aliphatic carbocycles. The maximum atomic E-state index is 11.8. The van der Waals surface area contributed by atoms with Gasteiger partial charge in [0.15, 0.2) is 5.78 Å². The van der Waals surface area contributed by atoms with Crippen molar-refractivity contribution in [2.45, 2.75) is 6.92 Å². The van der Waals surface area contributed by atoms with Crippen LogP contribution >= 0.6 is 0 Å².